The Morgan fingerprint density at radius 3 is 2.44 bits per heavy atom. The van der Waals surface area contributed by atoms with Crippen LogP contribution in [0, 0.1) is 12.8 Å². The summed E-state index contributed by atoms with van der Waals surface area (Å²) < 4.78 is 1.79. The largest absolute Gasteiger partial charge is 0.361 e. The van der Waals surface area contributed by atoms with Gasteiger partial charge >= 0.3 is 6.03 Å². The lowest BCUT2D eigenvalue weighted by atomic mass is 9.90. The molecule has 0 saturated carbocycles. The van der Waals surface area contributed by atoms with Crippen LogP contribution in [0.5, 0.6) is 0 Å². The van der Waals surface area contributed by atoms with Crippen LogP contribution in [0.25, 0.3) is 16.6 Å². The molecule has 0 atom stereocenters. The smallest absolute Gasteiger partial charge is 0.324 e. The number of likely N-dealkylation sites (tertiary alicyclic amines) is 1. The first-order valence-corrected chi connectivity index (χ1v) is 15.8. The fraction of sp³-hybridized carbons (Fsp3) is 0.324. The van der Waals surface area contributed by atoms with Crippen molar-refractivity contribution in [2.75, 3.05) is 23.7 Å². The zero-order chi connectivity index (χ0) is 31.6. The summed E-state index contributed by atoms with van der Waals surface area (Å²) in [6, 6.07) is 25.9. The van der Waals surface area contributed by atoms with Gasteiger partial charge in [-0.3, -0.25) is 10.1 Å². The van der Waals surface area contributed by atoms with Crippen molar-refractivity contribution in [2.45, 2.75) is 58.8 Å². The first kappa shape index (κ1) is 30.2. The number of aromatic nitrogens is 3. The zero-order valence-electron chi connectivity index (χ0n) is 26.6. The van der Waals surface area contributed by atoms with Crippen LogP contribution in [-0.2, 0) is 23.1 Å². The van der Waals surface area contributed by atoms with Crippen LogP contribution in [0.1, 0.15) is 56.0 Å². The zero-order valence-corrected chi connectivity index (χ0v) is 26.6. The summed E-state index contributed by atoms with van der Waals surface area (Å²) in [5.41, 5.74) is 6.82. The number of fused-ring (bicyclic) bond motifs is 1. The van der Waals surface area contributed by atoms with Crippen molar-refractivity contribution in [3.63, 3.8) is 0 Å². The number of nitrogens with zero attached hydrogens (tertiary/aromatic N) is 3. The molecule has 3 heterocycles. The number of anilines is 2. The fourth-order valence-corrected chi connectivity index (χ4v) is 6.05. The summed E-state index contributed by atoms with van der Waals surface area (Å²) in [6.45, 7) is 9.92. The summed E-state index contributed by atoms with van der Waals surface area (Å²) in [5, 5.41) is 12.0. The maximum absolute atomic E-state index is 13.2. The van der Waals surface area contributed by atoms with E-state index in [0.717, 1.165) is 71.5 Å². The van der Waals surface area contributed by atoms with Crippen molar-refractivity contribution in [1.82, 2.24) is 19.7 Å². The molecule has 0 aliphatic carbocycles. The van der Waals surface area contributed by atoms with Gasteiger partial charge in [0.15, 0.2) is 0 Å². The first-order chi connectivity index (χ1) is 21.6. The molecule has 0 radical (unpaired) electrons. The summed E-state index contributed by atoms with van der Waals surface area (Å²) in [4.78, 5) is 31.5. The number of rotatable bonds is 7. The molecule has 3 amide bonds. The minimum absolute atomic E-state index is 0.169. The Balaban J connectivity index is 1.04. The molecule has 0 spiro atoms. The number of benzene rings is 3. The van der Waals surface area contributed by atoms with Gasteiger partial charge in [-0.1, -0.05) is 68.8 Å². The molecule has 5 aromatic rings. The summed E-state index contributed by atoms with van der Waals surface area (Å²) in [5.74, 6) is 1.29. The number of carbonyl (C=O) groups excluding carboxylic acids is 2. The molecule has 1 aliphatic rings. The van der Waals surface area contributed by atoms with Crippen LogP contribution in [-0.4, -0.2) is 44.7 Å². The molecule has 3 N–H and O–H groups in total. The Kier molecular flexibility index (Phi) is 8.48. The average molecular weight is 603 g/mol. The van der Waals surface area contributed by atoms with E-state index < -0.39 is 0 Å². The number of urea groups is 1. The maximum atomic E-state index is 13.2. The molecular formula is C37H42N6O2. The number of amides is 3. The molecule has 45 heavy (non-hydrogen) atoms. The van der Waals surface area contributed by atoms with Crippen molar-refractivity contribution in [1.29, 1.82) is 0 Å². The summed E-state index contributed by atoms with van der Waals surface area (Å²) in [7, 11) is 0. The summed E-state index contributed by atoms with van der Waals surface area (Å²) >= 11 is 0. The third-order valence-electron chi connectivity index (χ3n) is 8.69. The van der Waals surface area contributed by atoms with Gasteiger partial charge < -0.3 is 15.2 Å². The van der Waals surface area contributed by atoms with Crippen LogP contribution in [0.3, 0.4) is 0 Å². The Morgan fingerprint density at radius 2 is 1.69 bits per heavy atom. The van der Waals surface area contributed by atoms with E-state index in [1.54, 1.807) is 4.68 Å². The van der Waals surface area contributed by atoms with Gasteiger partial charge in [0, 0.05) is 47.4 Å². The second-order valence-corrected chi connectivity index (χ2v) is 13.3. The van der Waals surface area contributed by atoms with Gasteiger partial charge in [0.05, 0.1) is 17.8 Å². The lowest BCUT2D eigenvalue weighted by molar-refractivity contribution is -0.131. The number of hydrogen-bond acceptors (Lipinski definition) is 3. The van der Waals surface area contributed by atoms with E-state index >= 15 is 0 Å². The van der Waals surface area contributed by atoms with Crippen molar-refractivity contribution in [2.24, 2.45) is 5.92 Å². The van der Waals surface area contributed by atoms with E-state index in [2.05, 4.69) is 48.5 Å². The molecule has 8 heteroatoms. The number of piperidine rings is 1. The SMILES string of the molecule is Cc1ccc(-n2nc(C(C)(C)C)cc2NC(=O)Nc2cccc(CC3CCN(C(=O)Cc4c[nH]c5ccccc45)CC3)c2)cc1. The molecule has 0 unspecified atom stereocenters. The Hall–Kier alpha value is -4.85. The van der Waals surface area contributed by atoms with E-state index in [9.17, 15) is 9.59 Å². The Morgan fingerprint density at radius 1 is 0.933 bits per heavy atom. The van der Waals surface area contributed by atoms with Gasteiger partial charge in [-0.25, -0.2) is 9.48 Å². The van der Waals surface area contributed by atoms with Crippen LogP contribution in [0.15, 0.2) is 85.1 Å². The van der Waals surface area contributed by atoms with E-state index in [-0.39, 0.29) is 17.4 Å². The standard InChI is InChI=1S/C37H42N6O2/c1-25-12-14-30(15-13-25)43-34(23-33(41-43)37(2,3)4)40-36(45)39-29-9-7-8-27(21-29)20-26-16-18-42(19-17-26)35(44)22-28-24-38-32-11-6-5-10-31(28)32/h5-15,21,23-24,26,38H,16-20,22H2,1-4H3,(H2,39,40,45). The van der Waals surface area contributed by atoms with Crippen LogP contribution >= 0.6 is 0 Å². The van der Waals surface area contributed by atoms with Crippen LogP contribution < -0.4 is 10.6 Å². The minimum Gasteiger partial charge on any atom is -0.361 e. The number of hydrogen-bond donors (Lipinski definition) is 3. The molecule has 1 saturated heterocycles. The second kappa shape index (κ2) is 12.6. The molecular weight excluding hydrogens is 560 g/mol. The first-order valence-electron chi connectivity index (χ1n) is 15.8. The highest BCUT2D eigenvalue weighted by Crippen LogP contribution is 2.28. The fourth-order valence-electron chi connectivity index (χ4n) is 6.05. The molecule has 2 aromatic heterocycles. The summed E-state index contributed by atoms with van der Waals surface area (Å²) in [6.07, 6.45) is 5.23. The minimum atomic E-state index is -0.317. The number of H-pyrrole nitrogens is 1. The highest BCUT2D eigenvalue weighted by molar-refractivity contribution is 5.99. The molecule has 3 aromatic carbocycles. The van der Waals surface area contributed by atoms with Crippen molar-refractivity contribution >= 4 is 34.3 Å². The van der Waals surface area contributed by atoms with Crippen LogP contribution in [0.4, 0.5) is 16.3 Å². The maximum Gasteiger partial charge on any atom is 0.324 e. The van der Waals surface area contributed by atoms with Gasteiger partial charge in [-0.05, 0) is 73.6 Å². The van der Waals surface area contributed by atoms with Crippen molar-refractivity contribution in [3.8, 4) is 5.69 Å². The van der Waals surface area contributed by atoms with Gasteiger partial charge in [0.1, 0.15) is 5.82 Å². The quantitative estimate of drug-likeness (QED) is 0.179. The van der Waals surface area contributed by atoms with Crippen LogP contribution in [0.2, 0.25) is 0 Å². The van der Waals surface area contributed by atoms with E-state index in [1.807, 2.05) is 84.8 Å². The molecule has 232 valence electrons. The molecule has 0 bridgehead atoms. The molecule has 1 fully saturated rings. The number of nitrogens with one attached hydrogen (secondary N) is 3. The van der Waals surface area contributed by atoms with E-state index in [0.29, 0.717) is 18.2 Å². The third kappa shape index (κ3) is 7.11. The lowest BCUT2D eigenvalue weighted by Gasteiger charge is -2.32. The predicted molar refractivity (Wildman–Crippen MR) is 181 cm³/mol. The number of para-hydroxylation sites is 1. The monoisotopic (exact) mass is 602 g/mol. The van der Waals surface area contributed by atoms with Gasteiger partial charge in [0.25, 0.3) is 0 Å². The number of aryl methyl sites for hydroxylation is 1. The van der Waals surface area contributed by atoms with Gasteiger partial charge in [-0.2, -0.15) is 5.10 Å². The van der Waals surface area contributed by atoms with Gasteiger partial charge in [0.2, 0.25) is 5.91 Å². The molecule has 8 nitrogen and oxygen atoms in total. The third-order valence-corrected chi connectivity index (χ3v) is 8.69. The highest BCUT2D eigenvalue weighted by Gasteiger charge is 2.24. The Bertz CT molecular complexity index is 1800. The van der Waals surface area contributed by atoms with Crippen molar-refractivity contribution in [3.05, 3.63) is 107 Å². The normalized spacial score (nSPS) is 14.1. The van der Waals surface area contributed by atoms with E-state index in [1.165, 1.54) is 5.56 Å². The molecule has 1 aliphatic heterocycles. The second-order valence-electron chi connectivity index (χ2n) is 13.3. The van der Waals surface area contributed by atoms with E-state index in [4.69, 9.17) is 5.10 Å². The molecule has 6 rings (SSSR count). The number of aromatic amines is 1. The predicted octanol–water partition coefficient (Wildman–Crippen LogP) is 7.63. The van der Waals surface area contributed by atoms with Gasteiger partial charge in [-0.15, -0.1) is 0 Å². The Labute approximate surface area is 264 Å². The highest BCUT2D eigenvalue weighted by atomic mass is 16.2. The topological polar surface area (TPSA) is 95.1 Å². The average Bonchev–Trinajstić information content (AvgIpc) is 3.63. The lowest BCUT2D eigenvalue weighted by Crippen LogP contribution is -2.39. The van der Waals surface area contributed by atoms with Crippen molar-refractivity contribution < 1.29 is 9.59 Å². The number of carbonyl (C=O) groups is 2.